The van der Waals surface area contributed by atoms with E-state index in [1.54, 1.807) is 6.07 Å². The minimum atomic E-state index is -1.04. The Morgan fingerprint density at radius 3 is 2.78 bits per heavy atom. The van der Waals surface area contributed by atoms with Crippen molar-refractivity contribution in [1.82, 2.24) is 0 Å². The van der Waals surface area contributed by atoms with Gasteiger partial charge in [0.15, 0.2) is 5.09 Å². The summed E-state index contributed by atoms with van der Waals surface area (Å²) in [4.78, 5) is 10.6. The molecule has 0 unspecified atom stereocenters. The molecule has 0 radical (unpaired) electrons. The molecule has 1 aromatic rings. The van der Waals surface area contributed by atoms with Crippen LogP contribution in [0.4, 0.5) is 0 Å². The summed E-state index contributed by atoms with van der Waals surface area (Å²) < 4.78 is 5.12. The van der Waals surface area contributed by atoms with Gasteiger partial charge >= 0.3 is 5.97 Å². The average Bonchev–Trinajstić information content (AvgIpc) is 2.77. The van der Waals surface area contributed by atoms with Crippen molar-refractivity contribution in [3.05, 3.63) is 17.9 Å². The quantitative estimate of drug-likeness (QED) is 0.601. The first kappa shape index (κ1) is 14.7. The zero-order chi connectivity index (χ0) is 13.6. The van der Waals surface area contributed by atoms with Gasteiger partial charge in [0.25, 0.3) is 0 Å². The number of nitrogens with zero attached hydrogens (tertiary/aromatic N) is 1. The molecule has 0 aromatic carbocycles. The Hall–Kier alpha value is -1.41. The normalized spacial score (nSPS) is 11.2. The summed E-state index contributed by atoms with van der Waals surface area (Å²) in [6, 6.07) is 5.41. The Kier molecular flexibility index (Phi) is 5.29. The molecule has 98 valence electrons. The lowest BCUT2D eigenvalue weighted by molar-refractivity contribution is 0.0656. The molecule has 0 atom stereocenters. The largest absolute Gasteiger partial charge is 0.475 e. The smallest absolute Gasteiger partial charge is 0.371 e. The number of unbranched alkanes of at least 4 members (excludes halogenated alkanes) is 1. The van der Waals surface area contributed by atoms with Gasteiger partial charge in [-0.05, 0) is 38.8 Å². The molecule has 0 bridgehead atoms. The molecule has 0 fully saturated rings. The maximum atomic E-state index is 10.6. The van der Waals surface area contributed by atoms with Gasteiger partial charge in [-0.25, -0.2) is 4.79 Å². The number of hydrogen-bond acceptors (Lipinski definition) is 4. The fraction of sp³-hybridized carbons (Fsp3) is 0.538. The van der Waals surface area contributed by atoms with Crippen molar-refractivity contribution in [2.75, 3.05) is 5.75 Å². The molecule has 18 heavy (non-hydrogen) atoms. The van der Waals surface area contributed by atoms with Crippen LogP contribution in [0.25, 0.3) is 0 Å². The number of hydrogen-bond donors (Lipinski definition) is 1. The summed E-state index contributed by atoms with van der Waals surface area (Å²) >= 11 is 1.50. The molecule has 0 saturated heterocycles. The Labute approximate surface area is 111 Å². The number of thioether (sulfide) groups is 1. The van der Waals surface area contributed by atoms with Crippen LogP contribution in [0.3, 0.4) is 0 Å². The molecule has 1 heterocycles. The van der Waals surface area contributed by atoms with Gasteiger partial charge in [-0.15, -0.1) is 0 Å². The molecule has 0 amide bonds. The van der Waals surface area contributed by atoms with E-state index in [9.17, 15) is 4.79 Å². The molecule has 0 spiro atoms. The second-order valence-electron chi connectivity index (χ2n) is 4.73. The van der Waals surface area contributed by atoms with Gasteiger partial charge in [0.05, 0.1) is 11.5 Å². The topological polar surface area (TPSA) is 74.2 Å². The lowest BCUT2D eigenvalue weighted by Gasteiger charge is -2.13. The van der Waals surface area contributed by atoms with Crippen molar-refractivity contribution in [2.24, 2.45) is 5.41 Å². The van der Waals surface area contributed by atoms with Crippen molar-refractivity contribution in [2.45, 2.75) is 38.2 Å². The van der Waals surface area contributed by atoms with Crippen LogP contribution in [-0.2, 0) is 0 Å². The number of furan rings is 1. The van der Waals surface area contributed by atoms with Crippen LogP contribution in [0.5, 0.6) is 0 Å². The maximum absolute atomic E-state index is 10.6. The molecule has 0 aliphatic rings. The standard InChI is InChI=1S/C13H17NO3S/c1-13(2,9-14)7-3-4-8-18-11-6-5-10(17-11)12(15)16/h5-6H,3-4,7-8H2,1-2H3,(H,15,16). The molecule has 5 heteroatoms. The van der Waals surface area contributed by atoms with Gasteiger partial charge < -0.3 is 9.52 Å². The van der Waals surface area contributed by atoms with E-state index in [1.165, 1.54) is 17.8 Å². The van der Waals surface area contributed by atoms with Crippen molar-refractivity contribution in [3.63, 3.8) is 0 Å². The van der Waals surface area contributed by atoms with Crippen molar-refractivity contribution in [1.29, 1.82) is 5.26 Å². The zero-order valence-electron chi connectivity index (χ0n) is 10.6. The molecule has 0 aliphatic carbocycles. The minimum absolute atomic E-state index is 0.0249. The molecular weight excluding hydrogens is 250 g/mol. The monoisotopic (exact) mass is 267 g/mol. The zero-order valence-corrected chi connectivity index (χ0v) is 11.4. The van der Waals surface area contributed by atoms with E-state index in [1.807, 2.05) is 13.8 Å². The van der Waals surface area contributed by atoms with Gasteiger partial charge in [0.2, 0.25) is 5.76 Å². The van der Waals surface area contributed by atoms with Crippen molar-refractivity contribution in [3.8, 4) is 6.07 Å². The Morgan fingerprint density at radius 2 is 2.22 bits per heavy atom. The summed E-state index contributed by atoms with van der Waals surface area (Å²) in [5.74, 6) is -0.200. The molecule has 1 rings (SSSR count). The maximum Gasteiger partial charge on any atom is 0.371 e. The van der Waals surface area contributed by atoms with E-state index in [0.29, 0.717) is 5.09 Å². The van der Waals surface area contributed by atoms with Crippen LogP contribution in [-0.4, -0.2) is 16.8 Å². The summed E-state index contributed by atoms with van der Waals surface area (Å²) in [7, 11) is 0. The number of aromatic carboxylic acids is 1. The average molecular weight is 267 g/mol. The highest BCUT2D eigenvalue weighted by molar-refractivity contribution is 7.99. The highest BCUT2D eigenvalue weighted by atomic mass is 32.2. The summed E-state index contributed by atoms with van der Waals surface area (Å²) in [6.45, 7) is 3.87. The predicted octanol–water partition coefficient (Wildman–Crippen LogP) is 3.79. The number of carbonyl (C=O) groups is 1. The van der Waals surface area contributed by atoms with E-state index in [2.05, 4.69) is 6.07 Å². The van der Waals surface area contributed by atoms with Gasteiger partial charge in [-0.2, -0.15) is 5.26 Å². The Morgan fingerprint density at radius 1 is 1.50 bits per heavy atom. The van der Waals surface area contributed by atoms with Crippen LogP contribution in [0.2, 0.25) is 0 Å². The van der Waals surface area contributed by atoms with Crippen LogP contribution in [0.1, 0.15) is 43.7 Å². The number of rotatable bonds is 7. The van der Waals surface area contributed by atoms with E-state index >= 15 is 0 Å². The van der Waals surface area contributed by atoms with Crippen molar-refractivity contribution >= 4 is 17.7 Å². The number of carboxylic acid groups (broad SMARTS) is 1. The second-order valence-corrected chi connectivity index (χ2v) is 5.82. The van der Waals surface area contributed by atoms with E-state index in [4.69, 9.17) is 14.8 Å². The summed E-state index contributed by atoms with van der Waals surface area (Å²) in [6.07, 6.45) is 2.85. The summed E-state index contributed by atoms with van der Waals surface area (Å²) in [5, 5.41) is 18.2. The number of nitriles is 1. The van der Waals surface area contributed by atoms with Crippen LogP contribution in [0, 0.1) is 16.7 Å². The third kappa shape index (κ3) is 4.84. The molecule has 4 nitrogen and oxygen atoms in total. The Balaban J connectivity index is 2.22. The second kappa shape index (κ2) is 6.50. The van der Waals surface area contributed by atoms with Gasteiger partial charge in [0.1, 0.15) is 0 Å². The molecule has 0 aliphatic heterocycles. The highest BCUT2D eigenvalue weighted by Gasteiger charge is 2.15. The van der Waals surface area contributed by atoms with E-state index in [-0.39, 0.29) is 11.2 Å². The third-order valence-corrected chi connectivity index (χ3v) is 3.53. The SMILES string of the molecule is CC(C)(C#N)CCCCSc1ccc(C(=O)O)o1. The van der Waals surface area contributed by atoms with Crippen LogP contribution in [0.15, 0.2) is 21.6 Å². The first-order valence-corrected chi connectivity index (χ1v) is 6.80. The van der Waals surface area contributed by atoms with Crippen LogP contribution < -0.4 is 0 Å². The predicted molar refractivity (Wildman–Crippen MR) is 69.6 cm³/mol. The lowest BCUT2D eigenvalue weighted by Crippen LogP contribution is -2.07. The van der Waals surface area contributed by atoms with E-state index < -0.39 is 5.97 Å². The minimum Gasteiger partial charge on any atom is -0.475 e. The Bertz CT molecular complexity index is 445. The first-order chi connectivity index (χ1) is 8.44. The van der Waals surface area contributed by atoms with E-state index in [0.717, 1.165) is 25.0 Å². The fourth-order valence-corrected chi connectivity index (χ4v) is 2.27. The number of carboxylic acids is 1. The van der Waals surface area contributed by atoms with Crippen LogP contribution >= 0.6 is 11.8 Å². The molecule has 1 N–H and O–H groups in total. The van der Waals surface area contributed by atoms with Gasteiger partial charge in [-0.1, -0.05) is 18.2 Å². The highest BCUT2D eigenvalue weighted by Crippen LogP contribution is 2.25. The molecule has 0 saturated carbocycles. The fourth-order valence-electron chi connectivity index (χ4n) is 1.41. The van der Waals surface area contributed by atoms with Gasteiger partial charge in [0, 0.05) is 5.75 Å². The third-order valence-electron chi connectivity index (χ3n) is 2.54. The molecule has 1 aromatic heterocycles. The van der Waals surface area contributed by atoms with Gasteiger partial charge in [-0.3, -0.25) is 0 Å². The molecular formula is C13H17NO3S. The summed E-state index contributed by atoms with van der Waals surface area (Å²) in [5.41, 5.74) is -0.258. The van der Waals surface area contributed by atoms with Crippen molar-refractivity contribution < 1.29 is 14.3 Å². The lowest BCUT2D eigenvalue weighted by atomic mass is 9.89. The first-order valence-electron chi connectivity index (χ1n) is 5.82.